The second-order valence-electron chi connectivity index (χ2n) is 8.04. The first kappa shape index (κ1) is 24.6. The summed E-state index contributed by atoms with van der Waals surface area (Å²) < 4.78 is 26.7. The molecule has 0 radical (unpaired) electrons. The van der Waals surface area contributed by atoms with Crippen molar-refractivity contribution in [3.63, 3.8) is 0 Å². The van der Waals surface area contributed by atoms with Gasteiger partial charge in [0.1, 0.15) is 30.3 Å². The van der Waals surface area contributed by atoms with Crippen LogP contribution < -0.4 is 20.1 Å². The maximum Gasteiger partial charge on any atom is 0.247 e. The van der Waals surface area contributed by atoms with E-state index in [4.69, 9.17) is 9.47 Å². The fourth-order valence-electron chi connectivity index (χ4n) is 3.40. The molecule has 1 amide bonds. The third kappa shape index (κ3) is 5.58. The molecule has 0 aliphatic carbocycles. The quantitative estimate of drug-likeness (QED) is 0.323. The van der Waals surface area contributed by atoms with Crippen molar-refractivity contribution in [1.82, 2.24) is 24.5 Å². The highest BCUT2D eigenvalue weighted by Gasteiger charge is 2.16. The minimum absolute atomic E-state index is 0.251. The number of nitrogens with one attached hydrogen (secondary N) is 2. The number of halogens is 1. The molecule has 4 aromatic rings. The van der Waals surface area contributed by atoms with Gasteiger partial charge in [-0.1, -0.05) is 18.7 Å². The van der Waals surface area contributed by atoms with Crippen LogP contribution in [0.5, 0.6) is 11.5 Å². The van der Waals surface area contributed by atoms with E-state index in [-0.39, 0.29) is 17.7 Å². The number of benzene rings is 2. The first-order chi connectivity index (χ1) is 17.4. The minimum atomic E-state index is -0.389. The van der Waals surface area contributed by atoms with Gasteiger partial charge >= 0.3 is 0 Å². The van der Waals surface area contributed by atoms with Gasteiger partial charge in [0.25, 0.3) is 0 Å². The summed E-state index contributed by atoms with van der Waals surface area (Å²) in [6.45, 7) is 4.60. The predicted molar refractivity (Wildman–Crippen MR) is 135 cm³/mol. The topological polar surface area (TPSA) is 106 Å². The summed E-state index contributed by atoms with van der Waals surface area (Å²) in [4.78, 5) is 22.9. The van der Waals surface area contributed by atoms with Crippen LogP contribution in [0.4, 0.5) is 21.7 Å². The van der Waals surface area contributed by atoms with E-state index >= 15 is 0 Å². The first-order valence-corrected chi connectivity index (χ1v) is 11.0. The van der Waals surface area contributed by atoms with E-state index < -0.39 is 0 Å². The molecular formula is C25H26FN7O3. The molecule has 36 heavy (non-hydrogen) atoms. The Hall–Kier alpha value is -4.51. The van der Waals surface area contributed by atoms with Crippen molar-refractivity contribution in [3.05, 3.63) is 67.4 Å². The molecule has 0 fully saturated rings. The van der Waals surface area contributed by atoms with Crippen LogP contribution in [0.1, 0.15) is 0 Å². The molecule has 0 spiro atoms. The van der Waals surface area contributed by atoms with E-state index in [1.165, 1.54) is 36.2 Å². The molecule has 4 rings (SSSR count). The van der Waals surface area contributed by atoms with Crippen LogP contribution in [0, 0.1) is 5.82 Å². The highest BCUT2D eigenvalue weighted by molar-refractivity contribution is 6.00. The molecule has 0 atom stereocenters. The fourth-order valence-corrected chi connectivity index (χ4v) is 3.40. The Balaban J connectivity index is 1.69. The Labute approximate surface area is 207 Å². The van der Waals surface area contributed by atoms with Crippen molar-refractivity contribution in [1.29, 1.82) is 0 Å². The first-order valence-electron chi connectivity index (χ1n) is 11.0. The Morgan fingerprint density at radius 1 is 1.22 bits per heavy atom. The number of likely N-dealkylation sites (N-methyl/N-ethyl adjacent to an activating group) is 1. The van der Waals surface area contributed by atoms with Crippen LogP contribution in [0.25, 0.3) is 16.8 Å². The number of aromatic nitrogens is 4. The van der Waals surface area contributed by atoms with Gasteiger partial charge in [0.05, 0.1) is 24.7 Å². The summed E-state index contributed by atoms with van der Waals surface area (Å²) in [5.74, 6) is 0.399. The van der Waals surface area contributed by atoms with E-state index in [0.717, 1.165) is 0 Å². The lowest BCUT2D eigenvalue weighted by Crippen LogP contribution is -2.20. The molecule has 2 aromatic carbocycles. The summed E-state index contributed by atoms with van der Waals surface area (Å²) in [7, 11) is 5.40. The molecular weight excluding hydrogens is 465 g/mol. The lowest BCUT2D eigenvalue weighted by atomic mass is 10.1. The second-order valence-corrected chi connectivity index (χ2v) is 8.04. The summed E-state index contributed by atoms with van der Waals surface area (Å²) >= 11 is 0. The van der Waals surface area contributed by atoms with Crippen LogP contribution in [-0.4, -0.2) is 64.7 Å². The lowest BCUT2D eigenvalue weighted by molar-refractivity contribution is -0.111. The van der Waals surface area contributed by atoms with Gasteiger partial charge in [-0.25, -0.2) is 13.9 Å². The lowest BCUT2D eigenvalue weighted by Gasteiger charge is -2.18. The van der Waals surface area contributed by atoms with Gasteiger partial charge < -0.3 is 25.0 Å². The molecule has 11 heteroatoms. The maximum atomic E-state index is 13.8. The Bertz CT molecular complexity index is 1400. The zero-order valence-corrected chi connectivity index (χ0v) is 20.2. The van der Waals surface area contributed by atoms with Gasteiger partial charge in [0.15, 0.2) is 5.65 Å². The van der Waals surface area contributed by atoms with Crippen molar-refractivity contribution in [2.75, 3.05) is 45.0 Å². The smallest absolute Gasteiger partial charge is 0.247 e. The molecule has 0 bridgehead atoms. The van der Waals surface area contributed by atoms with Crippen molar-refractivity contribution >= 4 is 28.9 Å². The number of hydrogen-bond donors (Lipinski definition) is 2. The molecule has 186 valence electrons. The van der Waals surface area contributed by atoms with Crippen molar-refractivity contribution < 1.29 is 18.7 Å². The van der Waals surface area contributed by atoms with Gasteiger partial charge in [-0.15, -0.1) is 0 Å². The zero-order chi connectivity index (χ0) is 25.7. The average molecular weight is 492 g/mol. The molecule has 0 saturated heterocycles. The minimum Gasteiger partial charge on any atom is -0.494 e. The SMILES string of the molecule is C=CC(=O)Nc1cc(Nc2ncn3ncc(-c4cccc(F)c4)c3n2)c(OC)cc1OCCN(C)C. The van der Waals surface area contributed by atoms with Gasteiger partial charge in [0.2, 0.25) is 11.9 Å². The summed E-state index contributed by atoms with van der Waals surface area (Å²) in [5.41, 5.74) is 2.69. The Morgan fingerprint density at radius 2 is 2.06 bits per heavy atom. The third-order valence-electron chi connectivity index (χ3n) is 5.19. The number of hydrogen-bond acceptors (Lipinski definition) is 8. The van der Waals surface area contributed by atoms with Gasteiger partial charge in [0, 0.05) is 18.2 Å². The number of carbonyl (C=O) groups excluding carboxylic acids is 1. The van der Waals surface area contributed by atoms with Gasteiger partial charge in [-0.05, 0) is 43.9 Å². The van der Waals surface area contributed by atoms with E-state index in [0.29, 0.717) is 52.8 Å². The Morgan fingerprint density at radius 3 is 2.78 bits per heavy atom. The van der Waals surface area contributed by atoms with Crippen molar-refractivity contribution in [3.8, 4) is 22.6 Å². The number of rotatable bonds is 10. The van der Waals surface area contributed by atoms with Crippen LogP contribution in [-0.2, 0) is 4.79 Å². The van der Waals surface area contributed by atoms with E-state index in [1.807, 2.05) is 19.0 Å². The predicted octanol–water partition coefficient (Wildman–Crippen LogP) is 3.75. The number of methoxy groups -OCH3 is 1. The van der Waals surface area contributed by atoms with Crippen LogP contribution >= 0.6 is 0 Å². The van der Waals surface area contributed by atoms with E-state index in [9.17, 15) is 9.18 Å². The van der Waals surface area contributed by atoms with Crippen molar-refractivity contribution in [2.45, 2.75) is 0 Å². The molecule has 2 heterocycles. The highest BCUT2D eigenvalue weighted by Crippen LogP contribution is 2.38. The Kier molecular flexibility index (Phi) is 7.40. The highest BCUT2D eigenvalue weighted by atomic mass is 19.1. The van der Waals surface area contributed by atoms with E-state index in [2.05, 4.69) is 32.3 Å². The summed E-state index contributed by atoms with van der Waals surface area (Å²) in [6.07, 6.45) is 4.27. The maximum absolute atomic E-state index is 13.8. The van der Waals surface area contributed by atoms with Crippen LogP contribution in [0.2, 0.25) is 0 Å². The van der Waals surface area contributed by atoms with Gasteiger partial charge in [-0.3, -0.25) is 4.79 Å². The zero-order valence-electron chi connectivity index (χ0n) is 20.2. The second kappa shape index (κ2) is 10.8. The van der Waals surface area contributed by atoms with Crippen LogP contribution in [0.15, 0.2) is 61.6 Å². The largest absolute Gasteiger partial charge is 0.494 e. The summed E-state index contributed by atoms with van der Waals surface area (Å²) in [5, 5.41) is 10.1. The van der Waals surface area contributed by atoms with Gasteiger partial charge in [-0.2, -0.15) is 10.1 Å². The standard InChI is InChI=1S/C25H26FN7O3/c1-5-23(34)29-20-12-19(21(35-4)13-22(20)36-10-9-32(2)3)30-25-27-15-33-24(31-25)18(14-28-33)16-7-6-8-17(26)11-16/h5-8,11-15H,1,9-10H2,2-4H3,(H,29,34)(H,30,31). The van der Waals surface area contributed by atoms with E-state index in [1.54, 1.807) is 30.5 Å². The number of nitrogens with zero attached hydrogens (tertiary/aromatic N) is 5. The molecule has 10 nitrogen and oxygen atoms in total. The molecule has 0 unspecified atom stereocenters. The number of carbonyl (C=O) groups is 1. The van der Waals surface area contributed by atoms with Crippen LogP contribution in [0.3, 0.4) is 0 Å². The molecule has 2 N–H and O–H groups in total. The number of amides is 1. The number of ether oxygens (including phenoxy) is 2. The molecule has 0 aliphatic heterocycles. The average Bonchev–Trinajstić information content (AvgIpc) is 3.28. The molecule has 0 aliphatic rings. The molecule has 0 saturated carbocycles. The monoisotopic (exact) mass is 491 g/mol. The fraction of sp³-hybridized carbons (Fsp3) is 0.200. The summed E-state index contributed by atoms with van der Waals surface area (Å²) in [6, 6.07) is 9.54. The normalized spacial score (nSPS) is 10.9. The molecule has 2 aromatic heterocycles. The van der Waals surface area contributed by atoms with Crippen molar-refractivity contribution in [2.24, 2.45) is 0 Å². The number of anilines is 3. The number of fused-ring (bicyclic) bond motifs is 1. The third-order valence-corrected chi connectivity index (χ3v) is 5.19.